The van der Waals surface area contributed by atoms with Crippen molar-refractivity contribution in [2.45, 2.75) is 20.4 Å². The van der Waals surface area contributed by atoms with Crippen molar-refractivity contribution < 1.29 is 0 Å². The summed E-state index contributed by atoms with van der Waals surface area (Å²) in [6, 6.07) is 7.83. The van der Waals surface area contributed by atoms with E-state index < -0.39 is 0 Å². The van der Waals surface area contributed by atoms with Gasteiger partial charge in [-0.1, -0.05) is 12.1 Å². The van der Waals surface area contributed by atoms with Crippen molar-refractivity contribution in [3.63, 3.8) is 0 Å². The minimum Gasteiger partial charge on any atom is -0.399 e. The molecule has 0 saturated carbocycles. The van der Waals surface area contributed by atoms with Gasteiger partial charge >= 0.3 is 0 Å². The molecule has 0 amide bonds. The maximum Gasteiger partial charge on any atom is 0.115 e. The third-order valence-electron chi connectivity index (χ3n) is 3.22. The van der Waals surface area contributed by atoms with Crippen molar-refractivity contribution in [2.75, 3.05) is 5.73 Å². The largest absolute Gasteiger partial charge is 0.399 e. The van der Waals surface area contributed by atoms with Crippen molar-refractivity contribution in [1.29, 1.82) is 0 Å². The van der Waals surface area contributed by atoms with E-state index in [0.717, 1.165) is 27.5 Å². The summed E-state index contributed by atoms with van der Waals surface area (Å²) in [5, 5.41) is 5.48. The lowest BCUT2D eigenvalue weighted by atomic mass is 10.1. The number of rotatable bonds is 3. The Morgan fingerprint density at radius 3 is 2.80 bits per heavy atom. The smallest absolute Gasteiger partial charge is 0.115 e. The fraction of sp³-hybridized carbons (Fsp3) is 0.200. The Balaban J connectivity index is 1.83. The third-order valence-corrected chi connectivity index (χ3v) is 4.28. The molecule has 5 heteroatoms. The number of hydrogen-bond acceptors (Lipinski definition) is 4. The van der Waals surface area contributed by atoms with Crippen LogP contribution in [0, 0.1) is 13.8 Å². The molecule has 3 rings (SSSR count). The molecule has 102 valence electrons. The number of nitrogens with two attached hydrogens (primary N) is 1. The molecule has 0 spiro atoms. The fourth-order valence-corrected chi connectivity index (χ4v) is 2.99. The molecule has 2 heterocycles. The van der Waals surface area contributed by atoms with Gasteiger partial charge in [-0.25, -0.2) is 4.98 Å². The zero-order valence-corrected chi connectivity index (χ0v) is 12.3. The Hall–Kier alpha value is -2.14. The summed E-state index contributed by atoms with van der Waals surface area (Å²) >= 11 is 1.72. The van der Waals surface area contributed by atoms with Crippen LogP contribution in [0.4, 0.5) is 5.69 Å². The van der Waals surface area contributed by atoms with E-state index in [2.05, 4.69) is 17.0 Å². The Bertz CT molecular complexity index is 722. The first-order valence-corrected chi connectivity index (χ1v) is 7.25. The van der Waals surface area contributed by atoms with Crippen LogP contribution in [0.25, 0.3) is 11.1 Å². The molecule has 0 atom stereocenters. The van der Waals surface area contributed by atoms with E-state index >= 15 is 0 Å². The SMILES string of the molecule is Cc1nc(Cn2cc(-c3cccc(N)c3)cn2)sc1C. The molecule has 0 aliphatic heterocycles. The number of benzene rings is 1. The van der Waals surface area contributed by atoms with Crippen LogP contribution in [0.15, 0.2) is 36.7 Å². The lowest BCUT2D eigenvalue weighted by Gasteiger charge is -1.99. The third kappa shape index (κ3) is 2.58. The summed E-state index contributed by atoms with van der Waals surface area (Å²) in [6.07, 6.45) is 3.89. The van der Waals surface area contributed by atoms with Gasteiger partial charge in [-0.15, -0.1) is 11.3 Å². The standard InChI is InChI=1S/C15H16N4S/c1-10-11(2)20-15(18-10)9-19-8-13(7-17-19)12-4-3-5-14(16)6-12/h3-8H,9,16H2,1-2H3. The first kappa shape index (κ1) is 12.9. The molecular formula is C15H16N4S. The lowest BCUT2D eigenvalue weighted by molar-refractivity contribution is 0.682. The van der Waals surface area contributed by atoms with Gasteiger partial charge in [-0.3, -0.25) is 4.68 Å². The van der Waals surface area contributed by atoms with Crippen LogP contribution in [-0.2, 0) is 6.54 Å². The number of anilines is 1. The molecule has 0 aliphatic carbocycles. The number of aromatic nitrogens is 3. The zero-order valence-electron chi connectivity index (χ0n) is 11.5. The summed E-state index contributed by atoms with van der Waals surface area (Å²) < 4.78 is 1.91. The van der Waals surface area contributed by atoms with Crippen molar-refractivity contribution in [3.8, 4) is 11.1 Å². The molecule has 0 saturated heterocycles. The number of hydrogen-bond donors (Lipinski definition) is 1. The second-order valence-electron chi connectivity index (χ2n) is 4.80. The summed E-state index contributed by atoms with van der Waals surface area (Å²) in [7, 11) is 0. The lowest BCUT2D eigenvalue weighted by Crippen LogP contribution is -1.99. The number of aryl methyl sites for hydroxylation is 2. The van der Waals surface area contributed by atoms with Gasteiger partial charge in [-0.2, -0.15) is 5.10 Å². The monoisotopic (exact) mass is 284 g/mol. The quantitative estimate of drug-likeness (QED) is 0.751. The Morgan fingerprint density at radius 2 is 2.10 bits per heavy atom. The van der Waals surface area contributed by atoms with Gasteiger partial charge < -0.3 is 5.73 Å². The topological polar surface area (TPSA) is 56.7 Å². The predicted molar refractivity (Wildman–Crippen MR) is 82.8 cm³/mol. The average Bonchev–Trinajstić information content (AvgIpc) is 2.98. The molecule has 20 heavy (non-hydrogen) atoms. The maximum absolute atomic E-state index is 5.81. The first-order valence-electron chi connectivity index (χ1n) is 6.43. The fourth-order valence-electron chi connectivity index (χ4n) is 2.06. The molecule has 2 aromatic heterocycles. The number of nitrogen functional groups attached to an aromatic ring is 1. The van der Waals surface area contributed by atoms with Crippen molar-refractivity contribution >= 4 is 17.0 Å². The highest BCUT2D eigenvalue weighted by Crippen LogP contribution is 2.22. The zero-order chi connectivity index (χ0) is 14.1. The normalized spacial score (nSPS) is 10.9. The first-order chi connectivity index (χ1) is 9.61. The molecule has 0 bridgehead atoms. The van der Waals surface area contributed by atoms with E-state index in [1.807, 2.05) is 48.3 Å². The highest BCUT2D eigenvalue weighted by atomic mass is 32.1. The highest BCUT2D eigenvalue weighted by Gasteiger charge is 2.07. The second-order valence-corrected chi connectivity index (χ2v) is 6.09. The molecule has 0 radical (unpaired) electrons. The summed E-state index contributed by atoms with van der Waals surface area (Å²) in [4.78, 5) is 5.81. The van der Waals surface area contributed by atoms with Crippen LogP contribution >= 0.6 is 11.3 Å². The average molecular weight is 284 g/mol. The van der Waals surface area contributed by atoms with E-state index in [9.17, 15) is 0 Å². The van der Waals surface area contributed by atoms with E-state index in [-0.39, 0.29) is 0 Å². The van der Waals surface area contributed by atoms with E-state index in [1.165, 1.54) is 4.88 Å². The molecular weight excluding hydrogens is 268 g/mol. The van der Waals surface area contributed by atoms with Crippen LogP contribution in [-0.4, -0.2) is 14.8 Å². The van der Waals surface area contributed by atoms with Gasteiger partial charge in [0.05, 0.1) is 18.4 Å². The maximum atomic E-state index is 5.81. The van der Waals surface area contributed by atoms with Gasteiger partial charge in [0.1, 0.15) is 5.01 Å². The van der Waals surface area contributed by atoms with Gasteiger partial charge in [0.15, 0.2) is 0 Å². The summed E-state index contributed by atoms with van der Waals surface area (Å²) in [5.74, 6) is 0. The molecule has 2 N–H and O–H groups in total. The number of nitrogens with zero attached hydrogens (tertiary/aromatic N) is 3. The Labute approximate surface area is 121 Å². The minimum atomic E-state index is 0.710. The molecule has 0 aliphatic rings. The van der Waals surface area contributed by atoms with Gasteiger partial charge in [-0.05, 0) is 31.5 Å². The highest BCUT2D eigenvalue weighted by molar-refractivity contribution is 7.11. The second kappa shape index (κ2) is 5.09. The van der Waals surface area contributed by atoms with Crippen LogP contribution < -0.4 is 5.73 Å². The molecule has 1 aromatic carbocycles. The molecule has 0 unspecified atom stereocenters. The Kier molecular flexibility index (Phi) is 3.28. The van der Waals surface area contributed by atoms with Crippen LogP contribution in [0.3, 0.4) is 0 Å². The molecule has 3 aromatic rings. The predicted octanol–water partition coefficient (Wildman–Crippen LogP) is 3.25. The van der Waals surface area contributed by atoms with E-state index in [4.69, 9.17) is 5.73 Å². The molecule has 4 nitrogen and oxygen atoms in total. The van der Waals surface area contributed by atoms with Crippen molar-refractivity contribution in [3.05, 3.63) is 52.2 Å². The van der Waals surface area contributed by atoms with Crippen LogP contribution in [0.1, 0.15) is 15.6 Å². The number of thiazole rings is 1. The van der Waals surface area contributed by atoms with Crippen molar-refractivity contribution in [2.24, 2.45) is 0 Å². The Morgan fingerprint density at radius 1 is 1.25 bits per heavy atom. The van der Waals surface area contributed by atoms with Crippen molar-refractivity contribution in [1.82, 2.24) is 14.8 Å². The minimum absolute atomic E-state index is 0.710. The summed E-state index contributed by atoms with van der Waals surface area (Å²) in [5.41, 5.74) is 9.84. The molecule has 0 fully saturated rings. The van der Waals surface area contributed by atoms with E-state index in [0.29, 0.717) is 6.54 Å². The van der Waals surface area contributed by atoms with E-state index in [1.54, 1.807) is 11.3 Å². The van der Waals surface area contributed by atoms with Crippen LogP contribution in [0.5, 0.6) is 0 Å². The van der Waals surface area contributed by atoms with Gasteiger partial charge in [0.2, 0.25) is 0 Å². The van der Waals surface area contributed by atoms with Crippen LogP contribution in [0.2, 0.25) is 0 Å². The van der Waals surface area contributed by atoms with Gasteiger partial charge in [0, 0.05) is 22.3 Å². The van der Waals surface area contributed by atoms with Gasteiger partial charge in [0.25, 0.3) is 0 Å². The summed E-state index contributed by atoms with van der Waals surface area (Å²) in [6.45, 7) is 4.84.